The second-order valence-corrected chi connectivity index (χ2v) is 6.43. The van der Waals surface area contributed by atoms with Crippen LogP contribution in [0.1, 0.15) is 5.56 Å². The SMILES string of the molecule is Cc1cc(NC(=O)COc2ccccc2Cl)cc2sc(N)nc12. The number of nitrogens with zero attached hydrogens (tertiary/aromatic N) is 1. The highest BCUT2D eigenvalue weighted by Gasteiger charge is 2.10. The van der Waals surface area contributed by atoms with Crippen molar-refractivity contribution in [3.8, 4) is 5.75 Å². The highest BCUT2D eigenvalue weighted by molar-refractivity contribution is 7.22. The molecule has 7 heteroatoms. The van der Waals surface area contributed by atoms with Gasteiger partial charge in [-0.3, -0.25) is 4.79 Å². The lowest BCUT2D eigenvalue weighted by molar-refractivity contribution is -0.118. The Morgan fingerprint density at radius 3 is 2.96 bits per heavy atom. The molecule has 0 aliphatic carbocycles. The molecule has 0 aliphatic heterocycles. The molecule has 0 aliphatic rings. The van der Waals surface area contributed by atoms with E-state index in [0.29, 0.717) is 21.6 Å². The van der Waals surface area contributed by atoms with Gasteiger partial charge in [-0.1, -0.05) is 35.1 Å². The lowest BCUT2D eigenvalue weighted by Crippen LogP contribution is -2.20. The molecule has 0 spiro atoms. The van der Waals surface area contributed by atoms with Gasteiger partial charge in [0, 0.05) is 5.69 Å². The van der Waals surface area contributed by atoms with Crippen LogP contribution in [0.15, 0.2) is 36.4 Å². The molecule has 3 aromatic rings. The van der Waals surface area contributed by atoms with E-state index >= 15 is 0 Å². The van der Waals surface area contributed by atoms with Crippen molar-refractivity contribution >= 4 is 49.9 Å². The number of benzene rings is 2. The second-order valence-electron chi connectivity index (χ2n) is 4.96. The number of thiazole rings is 1. The summed E-state index contributed by atoms with van der Waals surface area (Å²) in [5, 5.41) is 3.78. The number of nitrogen functional groups attached to an aromatic ring is 1. The molecule has 0 radical (unpaired) electrons. The molecule has 1 aromatic heterocycles. The monoisotopic (exact) mass is 347 g/mol. The van der Waals surface area contributed by atoms with Crippen molar-refractivity contribution in [3.63, 3.8) is 0 Å². The number of aromatic nitrogens is 1. The normalized spacial score (nSPS) is 10.7. The number of carbonyl (C=O) groups excluding carboxylic acids is 1. The fourth-order valence-corrected chi connectivity index (χ4v) is 3.23. The highest BCUT2D eigenvalue weighted by atomic mass is 35.5. The van der Waals surface area contributed by atoms with Crippen LogP contribution in [-0.4, -0.2) is 17.5 Å². The van der Waals surface area contributed by atoms with Gasteiger partial charge in [0.25, 0.3) is 5.91 Å². The number of rotatable bonds is 4. The Hall–Kier alpha value is -2.31. The number of carbonyl (C=O) groups is 1. The van der Waals surface area contributed by atoms with E-state index in [1.807, 2.05) is 19.1 Å². The smallest absolute Gasteiger partial charge is 0.262 e. The van der Waals surface area contributed by atoms with E-state index in [9.17, 15) is 4.79 Å². The van der Waals surface area contributed by atoms with E-state index in [4.69, 9.17) is 22.1 Å². The number of fused-ring (bicyclic) bond motifs is 1. The minimum Gasteiger partial charge on any atom is -0.482 e. The standard InChI is InChI=1S/C16H14ClN3O2S/c1-9-6-10(7-13-15(9)20-16(18)23-13)19-14(21)8-22-12-5-3-2-4-11(12)17/h2-7H,8H2,1H3,(H2,18,20)(H,19,21). The van der Waals surface area contributed by atoms with Crippen molar-refractivity contribution in [2.45, 2.75) is 6.92 Å². The van der Waals surface area contributed by atoms with E-state index in [2.05, 4.69) is 10.3 Å². The van der Waals surface area contributed by atoms with Gasteiger partial charge < -0.3 is 15.8 Å². The number of halogens is 1. The van der Waals surface area contributed by atoms with Crippen molar-refractivity contribution in [1.29, 1.82) is 0 Å². The van der Waals surface area contributed by atoms with Gasteiger partial charge in [-0.25, -0.2) is 4.98 Å². The maximum absolute atomic E-state index is 12.0. The summed E-state index contributed by atoms with van der Waals surface area (Å²) in [5.74, 6) is 0.215. The summed E-state index contributed by atoms with van der Waals surface area (Å²) in [4.78, 5) is 16.3. The predicted octanol–water partition coefficient (Wildman–Crippen LogP) is 3.86. The van der Waals surface area contributed by atoms with Gasteiger partial charge in [0.1, 0.15) is 5.75 Å². The third kappa shape index (κ3) is 3.55. The highest BCUT2D eigenvalue weighted by Crippen LogP contribution is 2.29. The number of para-hydroxylation sites is 1. The third-order valence-corrected chi connectivity index (χ3v) is 4.33. The van der Waals surface area contributed by atoms with Crippen LogP contribution in [0, 0.1) is 6.92 Å². The fraction of sp³-hybridized carbons (Fsp3) is 0.125. The lowest BCUT2D eigenvalue weighted by atomic mass is 10.2. The lowest BCUT2D eigenvalue weighted by Gasteiger charge is -2.09. The average Bonchev–Trinajstić information content (AvgIpc) is 2.87. The number of nitrogens with two attached hydrogens (primary N) is 1. The van der Waals surface area contributed by atoms with Crippen molar-refractivity contribution in [2.75, 3.05) is 17.7 Å². The Morgan fingerprint density at radius 1 is 1.39 bits per heavy atom. The zero-order chi connectivity index (χ0) is 16.4. The van der Waals surface area contributed by atoms with Crippen LogP contribution in [0.5, 0.6) is 5.75 Å². The number of amides is 1. The molecule has 1 heterocycles. The molecule has 0 fully saturated rings. The second kappa shape index (κ2) is 6.44. The minimum atomic E-state index is -0.263. The molecule has 0 saturated heterocycles. The molecule has 3 rings (SSSR count). The molecule has 2 aromatic carbocycles. The number of anilines is 2. The summed E-state index contributed by atoms with van der Waals surface area (Å²) < 4.78 is 6.35. The summed E-state index contributed by atoms with van der Waals surface area (Å²) in [6, 6.07) is 10.7. The number of nitrogens with one attached hydrogen (secondary N) is 1. The van der Waals surface area contributed by atoms with Gasteiger partial charge >= 0.3 is 0 Å². The summed E-state index contributed by atoms with van der Waals surface area (Å²) in [6.07, 6.45) is 0. The molecule has 0 bridgehead atoms. The number of hydrogen-bond donors (Lipinski definition) is 2. The first-order valence-electron chi connectivity index (χ1n) is 6.87. The van der Waals surface area contributed by atoms with Crippen molar-refractivity contribution in [3.05, 3.63) is 47.0 Å². The summed E-state index contributed by atoms with van der Waals surface area (Å²) in [7, 11) is 0. The molecular weight excluding hydrogens is 334 g/mol. The number of ether oxygens (including phenoxy) is 1. The number of hydrogen-bond acceptors (Lipinski definition) is 5. The van der Waals surface area contributed by atoms with Crippen LogP contribution >= 0.6 is 22.9 Å². The first-order chi connectivity index (χ1) is 11.0. The minimum absolute atomic E-state index is 0.119. The van der Waals surface area contributed by atoms with Gasteiger partial charge in [-0.2, -0.15) is 0 Å². The Bertz CT molecular complexity index is 879. The van der Waals surface area contributed by atoms with Crippen LogP contribution < -0.4 is 15.8 Å². The topological polar surface area (TPSA) is 77.2 Å². The first-order valence-corrected chi connectivity index (χ1v) is 8.06. The Morgan fingerprint density at radius 2 is 2.17 bits per heavy atom. The van der Waals surface area contributed by atoms with Crippen molar-refractivity contribution < 1.29 is 9.53 Å². The Labute approximate surface area is 142 Å². The van der Waals surface area contributed by atoms with E-state index in [1.54, 1.807) is 24.3 Å². The van der Waals surface area contributed by atoms with E-state index < -0.39 is 0 Å². The van der Waals surface area contributed by atoms with E-state index in [-0.39, 0.29) is 12.5 Å². The quantitative estimate of drug-likeness (QED) is 0.751. The fourth-order valence-electron chi connectivity index (χ4n) is 2.19. The average molecular weight is 348 g/mol. The molecule has 0 unspecified atom stereocenters. The van der Waals surface area contributed by atoms with Gasteiger partial charge in [0.15, 0.2) is 11.7 Å². The van der Waals surface area contributed by atoms with Crippen LogP contribution in [0.25, 0.3) is 10.2 Å². The summed E-state index contributed by atoms with van der Waals surface area (Å²) in [6.45, 7) is 1.81. The molecule has 0 saturated carbocycles. The van der Waals surface area contributed by atoms with Gasteiger partial charge in [-0.05, 0) is 36.8 Å². The third-order valence-electron chi connectivity index (χ3n) is 3.18. The molecule has 23 heavy (non-hydrogen) atoms. The van der Waals surface area contributed by atoms with Gasteiger partial charge in [0.2, 0.25) is 0 Å². The van der Waals surface area contributed by atoms with Crippen LogP contribution in [0.4, 0.5) is 10.8 Å². The maximum atomic E-state index is 12.0. The van der Waals surface area contributed by atoms with Crippen molar-refractivity contribution in [2.24, 2.45) is 0 Å². The van der Waals surface area contributed by atoms with Crippen LogP contribution in [-0.2, 0) is 4.79 Å². The van der Waals surface area contributed by atoms with Gasteiger partial charge in [0.05, 0.1) is 15.2 Å². The molecular formula is C16H14ClN3O2S. The predicted molar refractivity (Wildman–Crippen MR) is 94.3 cm³/mol. The van der Waals surface area contributed by atoms with Crippen LogP contribution in [0.2, 0.25) is 5.02 Å². The van der Waals surface area contributed by atoms with E-state index in [1.165, 1.54) is 11.3 Å². The van der Waals surface area contributed by atoms with E-state index in [0.717, 1.165) is 15.8 Å². The molecule has 5 nitrogen and oxygen atoms in total. The molecule has 118 valence electrons. The van der Waals surface area contributed by atoms with Crippen LogP contribution in [0.3, 0.4) is 0 Å². The summed E-state index contributed by atoms with van der Waals surface area (Å²) in [5.41, 5.74) is 8.23. The summed E-state index contributed by atoms with van der Waals surface area (Å²) >= 11 is 7.37. The Balaban J connectivity index is 1.69. The van der Waals surface area contributed by atoms with Gasteiger partial charge in [-0.15, -0.1) is 0 Å². The largest absolute Gasteiger partial charge is 0.482 e. The zero-order valence-electron chi connectivity index (χ0n) is 12.3. The number of aryl methyl sites for hydroxylation is 1. The molecule has 0 atom stereocenters. The first kappa shape index (κ1) is 15.6. The maximum Gasteiger partial charge on any atom is 0.262 e. The Kier molecular flexibility index (Phi) is 4.36. The molecule has 1 amide bonds. The van der Waals surface area contributed by atoms with Crippen molar-refractivity contribution in [1.82, 2.24) is 4.98 Å². The zero-order valence-corrected chi connectivity index (χ0v) is 13.9. The molecule has 3 N–H and O–H groups in total.